The molecule has 204 valence electrons. The summed E-state index contributed by atoms with van der Waals surface area (Å²) in [5, 5.41) is 4.15. The quantitative estimate of drug-likeness (QED) is 0.174. The summed E-state index contributed by atoms with van der Waals surface area (Å²) in [4.78, 5) is 15.5. The monoisotopic (exact) mass is 552 g/mol. The maximum atomic E-state index is 13.3. The van der Waals surface area contributed by atoms with Crippen LogP contribution in [0.5, 0.6) is 11.5 Å². The molecule has 1 spiro atoms. The number of carbonyl (C=O) groups is 1. The van der Waals surface area contributed by atoms with E-state index in [0.29, 0.717) is 22.1 Å². The number of nitrogens with zero attached hydrogens (tertiary/aromatic N) is 1. The molecule has 0 saturated heterocycles. The molecule has 0 radical (unpaired) electrons. The Labute approximate surface area is 240 Å². The Hall–Kier alpha value is -3.96. The van der Waals surface area contributed by atoms with Gasteiger partial charge in [0.1, 0.15) is 11.5 Å². The van der Waals surface area contributed by atoms with Gasteiger partial charge in [-0.2, -0.15) is 0 Å². The number of aryl methyl sites for hydroxylation is 1. The molecule has 2 heterocycles. The zero-order valence-electron chi connectivity index (χ0n) is 23.1. The number of carbonyl (C=O) groups excluding carboxylic acids is 1. The van der Waals surface area contributed by atoms with Gasteiger partial charge in [0, 0.05) is 58.4 Å². The minimum atomic E-state index is -1.12. The van der Waals surface area contributed by atoms with Crippen molar-refractivity contribution in [2.45, 2.75) is 45.1 Å². The second-order valence-electron chi connectivity index (χ2n) is 10.7. The van der Waals surface area contributed by atoms with Crippen LogP contribution < -0.4 is 15.0 Å². The van der Waals surface area contributed by atoms with Crippen molar-refractivity contribution in [3.05, 3.63) is 112 Å². The van der Waals surface area contributed by atoms with Gasteiger partial charge in [0.2, 0.25) is 0 Å². The molecule has 6 rings (SSSR count). The van der Waals surface area contributed by atoms with E-state index in [1.165, 1.54) is 19.3 Å². The molecule has 0 fully saturated rings. The third kappa shape index (κ3) is 4.48. The SMILES string of the molecule is CCCCCCN(C)c1ccc2c(c1)Oc1cc(C)c(Nc3cccc(Cl)c3)cc1C21OC(=O)c2ccccc21. The lowest BCUT2D eigenvalue weighted by atomic mass is 9.77. The van der Waals surface area contributed by atoms with Gasteiger partial charge in [-0.25, -0.2) is 4.79 Å². The van der Waals surface area contributed by atoms with E-state index in [1.807, 2.05) is 67.6 Å². The molecule has 4 aromatic rings. The predicted molar refractivity (Wildman–Crippen MR) is 162 cm³/mol. The minimum Gasteiger partial charge on any atom is -0.456 e. The Morgan fingerprint density at radius 2 is 1.70 bits per heavy atom. The molecule has 1 unspecified atom stereocenters. The number of fused-ring (bicyclic) bond motifs is 6. The van der Waals surface area contributed by atoms with Gasteiger partial charge < -0.3 is 19.7 Å². The molecule has 6 heteroatoms. The van der Waals surface area contributed by atoms with Crippen molar-refractivity contribution in [3.63, 3.8) is 0 Å². The summed E-state index contributed by atoms with van der Waals surface area (Å²) in [5.41, 5.74) is 5.71. The Balaban J connectivity index is 1.47. The highest BCUT2D eigenvalue weighted by Gasteiger charge is 2.53. The molecule has 4 aromatic carbocycles. The van der Waals surface area contributed by atoms with Gasteiger partial charge in [-0.1, -0.05) is 62.1 Å². The van der Waals surface area contributed by atoms with Crippen LogP contribution in [0.4, 0.5) is 17.1 Å². The van der Waals surface area contributed by atoms with Crippen LogP contribution in [0.15, 0.2) is 78.9 Å². The fourth-order valence-electron chi connectivity index (χ4n) is 5.81. The maximum absolute atomic E-state index is 13.3. The number of anilines is 3. The first-order valence-electron chi connectivity index (χ1n) is 13.9. The molecule has 0 saturated carbocycles. The number of unbranched alkanes of at least 4 members (excludes halogenated alkanes) is 3. The molecule has 2 aliphatic heterocycles. The number of halogens is 1. The summed E-state index contributed by atoms with van der Waals surface area (Å²) >= 11 is 6.25. The van der Waals surface area contributed by atoms with E-state index in [4.69, 9.17) is 21.1 Å². The van der Waals surface area contributed by atoms with Crippen LogP contribution in [-0.2, 0) is 10.3 Å². The van der Waals surface area contributed by atoms with Crippen LogP contribution in [0.2, 0.25) is 5.02 Å². The highest BCUT2D eigenvalue weighted by molar-refractivity contribution is 6.30. The first kappa shape index (κ1) is 26.3. The number of hydrogen-bond acceptors (Lipinski definition) is 5. The first-order chi connectivity index (χ1) is 19.4. The molecule has 0 amide bonds. The summed E-state index contributed by atoms with van der Waals surface area (Å²) in [6, 6.07) is 25.5. The fraction of sp³-hybridized carbons (Fsp3) is 0.265. The van der Waals surface area contributed by atoms with Gasteiger partial charge in [0.05, 0.1) is 5.56 Å². The molecule has 5 nitrogen and oxygen atoms in total. The Morgan fingerprint density at radius 3 is 2.52 bits per heavy atom. The van der Waals surface area contributed by atoms with Gasteiger partial charge in [0.15, 0.2) is 5.60 Å². The van der Waals surface area contributed by atoms with Crippen molar-refractivity contribution in [3.8, 4) is 11.5 Å². The average molecular weight is 553 g/mol. The largest absolute Gasteiger partial charge is 0.456 e. The van der Waals surface area contributed by atoms with Crippen LogP contribution in [0, 0.1) is 6.92 Å². The molecule has 2 aliphatic rings. The molecule has 1 N–H and O–H groups in total. The molecular weight excluding hydrogens is 520 g/mol. The lowest BCUT2D eigenvalue weighted by Gasteiger charge is -2.37. The molecule has 0 aromatic heterocycles. The molecule has 0 bridgehead atoms. The van der Waals surface area contributed by atoms with Gasteiger partial charge in [-0.05, 0) is 67.4 Å². The number of hydrogen-bond donors (Lipinski definition) is 1. The molecule has 0 aliphatic carbocycles. The van der Waals surface area contributed by atoms with Crippen molar-refractivity contribution in [2.75, 3.05) is 23.8 Å². The Morgan fingerprint density at radius 1 is 0.875 bits per heavy atom. The van der Waals surface area contributed by atoms with Crippen LogP contribution >= 0.6 is 11.6 Å². The number of nitrogens with one attached hydrogen (secondary N) is 1. The number of benzene rings is 4. The molecule has 40 heavy (non-hydrogen) atoms. The maximum Gasteiger partial charge on any atom is 0.340 e. The lowest BCUT2D eigenvalue weighted by molar-refractivity contribution is 0.0224. The normalized spacial score (nSPS) is 16.6. The van der Waals surface area contributed by atoms with E-state index >= 15 is 0 Å². The van der Waals surface area contributed by atoms with Gasteiger partial charge >= 0.3 is 5.97 Å². The number of ether oxygens (including phenoxy) is 2. The minimum absolute atomic E-state index is 0.337. The van der Waals surface area contributed by atoms with Crippen molar-refractivity contribution in [1.29, 1.82) is 0 Å². The summed E-state index contributed by atoms with van der Waals surface area (Å²) in [5.74, 6) is 1.04. The Bertz CT molecular complexity index is 1600. The Kier molecular flexibility index (Phi) is 6.93. The second-order valence-corrected chi connectivity index (χ2v) is 11.1. The lowest BCUT2D eigenvalue weighted by Crippen LogP contribution is -2.33. The number of rotatable bonds is 8. The third-order valence-corrected chi connectivity index (χ3v) is 8.17. The van der Waals surface area contributed by atoms with Crippen LogP contribution in [0.1, 0.15) is 65.2 Å². The van der Waals surface area contributed by atoms with Crippen molar-refractivity contribution >= 4 is 34.6 Å². The standard InChI is InChI=1S/C34H33ClN2O3/c1-4-5-6-9-17-37(3)25-15-16-28-32(20-25)39-31-18-22(2)30(36-24-12-10-11-23(35)19-24)21-29(31)34(28)27-14-8-7-13-26(27)33(38)40-34/h7-8,10-16,18-21,36H,4-6,9,17H2,1-3H3. The zero-order chi connectivity index (χ0) is 27.9. The third-order valence-electron chi connectivity index (χ3n) is 7.93. The summed E-state index contributed by atoms with van der Waals surface area (Å²) in [6.45, 7) is 5.23. The molecule has 1 atom stereocenters. The van der Waals surface area contributed by atoms with Crippen molar-refractivity contribution < 1.29 is 14.3 Å². The number of esters is 1. The smallest absolute Gasteiger partial charge is 0.340 e. The topological polar surface area (TPSA) is 50.8 Å². The molecular formula is C34H33ClN2O3. The van der Waals surface area contributed by atoms with E-state index in [0.717, 1.165) is 52.3 Å². The van der Waals surface area contributed by atoms with Crippen LogP contribution in [-0.4, -0.2) is 19.6 Å². The van der Waals surface area contributed by atoms with Gasteiger partial charge in [0.25, 0.3) is 0 Å². The van der Waals surface area contributed by atoms with Crippen molar-refractivity contribution in [1.82, 2.24) is 0 Å². The van der Waals surface area contributed by atoms with E-state index in [1.54, 1.807) is 0 Å². The zero-order valence-corrected chi connectivity index (χ0v) is 23.8. The van der Waals surface area contributed by atoms with E-state index in [2.05, 4.69) is 42.4 Å². The van der Waals surface area contributed by atoms with Crippen LogP contribution in [0.25, 0.3) is 0 Å². The van der Waals surface area contributed by atoms with E-state index in [-0.39, 0.29) is 5.97 Å². The second kappa shape index (κ2) is 10.5. The average Bonchev–Trinajstić information content (AvgIpc) is 3.24. The van der Waals surface area contributed by atoms with Gasteiger partial charge in [-0.15, -0.1) is 0 Å². The van der Waals surface area contributed by atoms with Gasteiger partial charge in [-0.3, -0.25) is 0 Å². The fourth-order valence-corrected chi connectivity index (χ4v) is 6.00. The van der Waals surface area contributed by atoms with E-state index < -0.39 is 5.60 Å². The highest BCUT2D eigenvalue weighted by Crippen LogP contribution is 2.57. The van der Waals surface area contributed by atoms with E-state index in [9.17, 15) is 4.79 Å². The summed E-state index contributed by atoms with van der Waals surface area (Å²) < 4.78 is 13.0. The summed E-state index contributed by atoms with van der Waals surface area (Å²) in [7, 11) is 2.11. The summed E-state index contributed by atoms with van der Waals surface area (Å²) in [6.07, 6.45) is 4.82. The van der Waals surface area contributed by atoms with Crippen LogP contribution in [0.3, 0.4) is 0 Å². The highest BCUT2D eigenvalue weighted by atomic mass is 35.5. The first-order valence-corrected chi connectivity index (χ1v) is 14.3. The van der Waals surface area contributed by atoms with Crippen molar-refractivity contribution in [2.24, 2.45) is 0 Å². The predicted octanol–water partition coefficient (Wildman–Crippen LogP) is 8.98.